The molecule has 0 bridgehead atoms. The van der Waals surface area contributed by atoms with E-state index in [0.717, 1.165) is 43.4 Å². The van der Waals surface area contributed by atoms with Gasteiger partial charge < -0.3 is 10.6 Å². The number of aromatic nitrogens is 3. The Balaban J connectivity index is 1.64. The second-order valence-electron chi connectivity index (χ2n) is 6.31. The second kappa shape index (κ2) is 8.06. The van der Waals surface area contributed by atoms with E-state index in [2.05, 4.69) is 36.6 Å². The number of nitrogens with one attached hydrogen (secondary N) is 2. The Kier molecular flexibility index (Phi) is 5.59. The van der Waals surface area contributed by atoms with E-state index in [-0.39, 0.29) is 0 Å². The molecule has 1 atom stereocenters. The first-order valence-electron chi connectivity index (χ1n) is 8.61. The van der Waals surface area contributed by atoms with E-state index in [4.69, 9.17) is 0 Å². The van der Waals surface area contributed by atoms with Gasteiger partial charge in [-0.2, -0.15) is 0 Å². The molecule has 1 aliphatic heterocycles. The summed E-state index contributed by atoms with van der Waals surface area (Å²) in [6.07, 6.45) is 8.82. The summed E-state index contributed by atoms with van der Waals surface area (Å²) in [4.78, 5) is 15.8. The molecule has 0 aliphatic carbocycles. The number of anilines is 2. The van der Waals surface area contributed by atoms with E-state index >= 15 is 0 Å². The average molecular weight is 326 g/mol. The van der Waals surface area contributed by atoms with Crippen LogP contribution in [0.3, 0.4) is 0 Å². The van der Waals surface area contributed by atoms with Crippen LogP contribution in [0, 0.1) is 5.92 Å². The molecule has 1 aliphatic rings. The molecule has 6 nitrogen and oxygen atoms in total. The highest BCUT2D eigenvalue weighted by molar-refractivity contribution is 5.43. The zero-order chi connectivity index (χ0) is 16.8. The Hall–Kier alpha value is -2.21. The summed E-state index contributed by atoms with van der Waals surface area (Å²) in [6, 6.07) is 4.17. The predicted octanol–water partition coefficient (Wildman–Crippen LogP) is 2.41. The number of rotatable bonds is 6. The zero-order valence-electron chi connectivity index (χ0n) is 14.5. The third kappa shape index (κ3) is 4.00. The molecule has 128 valence electrons. The van der Waals surface area contributed by atoms with Crippen molar-refractivity contribution in [3.05, 3.63) is 42.0 Å². The quantitative estimate of drug-likeness (QED) is 0.850. The number of piperidine rings is 1. The van der Waals surface area contributed by atoms with Crippen molar-refractivity contribution < 1.29 is 0 Å². The lowest BCUT2D eigenvalue weighted by molar-refractivity contribution is 0.166. The van der Waals surface area contributed by atoms with Crippen molar-refractivity contribution in [1.82, 2.24) is 19.9 Å². The maximum atomic E-state index is 4.52. The van der Waals surface area contributed by atoms with Crippen LogP contribution in [0.25, 0.3) is 0 Å². The Morgan fingerprint density at radius 3 is 2.71 bits per heavy atom. The minimum atomic E-state index is 0.622. The summed E-state index contributed by atoms with van der Waals surface area (Å²) >= 11 is 0. The van der Waals surface area contributed by atoms with Crippen molar-refractivity contribution in [2.45, 2.75) is 25.8 Å². The summed E-state index contributed by atoms with van der Waals surface area (Å²) in [7, 11) is 3.83. The van der Waals surface area contributed by atoms with Crippen molar-refractivity contribution in [2.24, 2.45) is 5.92 Å². The molecule has 0 spiro atoms. The molecule has 1 fully saturated rings. The fourth-order valence-electron chi connectivity index (χ4n) is 3.49. The van der Waals surface area contributed by atoms with Gasteiger partial charge in [0.05, 0.1) is 5.69 Å². The number of pyridine rings is 1. The molecule has 0 unspecified atom stereocenters. The summed E-state index contributed by atoms with van der Waals surface area (Å²) in [5.74, 6) is 2.50. The van der Waals surface area contributed by atoms with E-state index in [1.165, 1.54) is 18.4 Å². The molecule has 2 aromatic rings. The molecule has 2 aromatic heterocycles. The Labute approximate surface area is 143 Å². The van der Waals surface area contributed by atoms with Crippen molar-refractivity contribution in [2.75, 3.05) is 37.8 Å². The van der Waals surface area contributed by atoms with E-state index in [9.17, 15) is 0 Å². The van der Waals surface area contributed by atoms with Crippen molar-refractivity contribution in [3.8, 4) is 0 Å². The first-order valence-corrected chi connectivity index (χ1v) is 8.61. The normalized spacial score (nSPS) is 18.3. The highest BCUT2D eigenvalue weighted by Crippen LogP contribution is 2.24. The average Bonchev–Trinajstić information content (AvgIpc) is 2.63. The van der Waals surface area contributed by atoms with Crippen LogP contribution in [0.2, 0.25) is 0 Å². The molecule has 0 aromatic carbocycles. The highest BCUT2D eigenvalue weighted by atomic mass is 15.1. The summed E-state index contributed by atoms with van der Waals surface area (Å²) in [5.41, 5.74) is 2.33. The lowest BCUT2D eigenvalue weighted by Crippen LogP contribution is -2.36. The minimum absolute atomic E-state index is 0.622. The number of nitrogens with zero attached hydrogens (tertiary/aromatic N) is 4. The minimum Gasteiger partial charge on any atom is -0.373 e. The summed E-state index contributed by atoms with van der Waals surface area (Å²) in [5, 5.41) is 6.33. The SMILES string of the molecule is CNc1ncccc1CN1CCC[C@H](Cc2nccnc2NC)C1. The monoisotopic (exact) mass is 326 g/mol. The third-order valence-electron chi connectivity index (χ3n) is 4.62. The van der Waals surface area contributed by atoms with Gasteiger partial charge in [-0.05, 0) is 37.8 Å². The molecule has 0 amide bonds. The fourth-order valence-corrected chi connectivity index (χ4v) is 3.49. The summed E-state index contributed by atoms with van der Waals surface area (Å²) < 4.78 is 0. The van der Waals surface area contributed by atoms with E-state index in [0.29, 0.717) is 5.92 Å². The molecular formula is C18H26N6. The molecule has 24 heavy (non-hydrogen) atoms. The van der Waals surface area contributed by atoms with Crippen LogP contribution in [-0.2, 0) is 13.0 Å². The largest absolute Gasteiger partial charge is 0.373 e. The molecule has 3 rings (SSSR count). The predicted molar refractivity (Wildman–Crippen MR) is 97.1 cm³/mol. The summed E-state index contributed by atoms with van der Waals surface area (Å²) in [6.45, 7) is 3.19. The fraction of sp³-hybridized carbons (Fsp3) is 0.500. The van der Waals surface area contributed by atoms with Crippen LogP contribution in [-0.4, -0.2) is 47.0 Å². The molecule has 6 heteroatoms. The van der Waals surface area contributed by atoms with Gasteiger partial charge in [0.1, 0.15) is 11.6 Å². The van der Waals surface area contributed by atoms with Gasteiger partial charge in [0.15, 0.2) is 0 Å². The number of likely N-dealkylation sites (tertiary alicyclic amines) is 1. The van der Waals surface area contributed by atoms with Gasteiger partial charge in [0.25, 0.3) is 0 Å². The smallest absolute Gasteiger partial charge is 0.147 e. The number of hydrogen-bond donors (Lipinski definition) is 2. The van der Waals surface area contributed by atoms with E-state index in [1.807, 2.05) is 26.4 Å². The maximum Gasteiger partial charge on any atom is 0.147 e. The zero-order valence-corrected chi connectivity index (χ0v) is 14.5. The molecule has 0 saturated carbocycles. The van der Waals surface area contributed by atoms with Crippen LogP contribution in [0.5, 0.6) is 0 Å². The Morgan fingerprint density at radius 2 is 1.88 bits per heavy atom. The molecule has 2 N–H and O–H groups in total. The van der Waals surface area contributed by atoms with Crippen molar-refractivity contribution in [1.29, 1.82) is 0 Å². The lowest BCUT2D eigenvalue weighted by atomic mass is 9.93. The van der Waals surface area contributed by atoms with Crippen molar-refractivity contribution in [3.63, 3.8) is 0 Å². The molecule has 1 saturated heterocycles. The lowest BCUT2D eigenvalue weighted by Gasteiger charge is -2.33. The molecule has 0 radical (unpaired) electrons. The second-order valence-corrected chi connectivity index (χ2v) is 6.31. The first kappa shape index (κ1) is 16.6. The maximum absolute atomic E-state index is 4.52. The van der Waals surface area contributed by atoms with Crippen LogP contribution in [0.4, 0.5) is 11.6 Å². The van der Waals surface area contributed by atoms with Crippen LogP contribution in [0.15, 0.2) is 30.7 Å². The highest BCUT2D eigenvalue weighted by Gasteiger charge is 2.22. The van der Waals surface area contributed by atoms with Crippen LogP contribution >= 0.6 is 0 Å². The van der Waals surface area contributed by atoms with Gasteiger partial charge in [-0.15, -0.1) is 0 Å². The van der Waals surface area contributed by atoms with Gasteiger partial charge in [0, 0.05) is 51.3 Å². The Bertz CT molecular complexity index is 604. The van der Waals surface area contributed by atoms with Gasteiger partial charge in [-0.25, -0.2) is 9.97 Å². The first-order chi connectivity index (χ1) is 11.8. The number of hydrogen-bond acceptors (Lipinski definition) is 6. The van der Waals surface area contributed by atoms with Gasteiger partial charge in [0.2, 0.25) is 0 Å². The van der Waals surface area contributed by atoms with Crippen molar-refractivity contribution >= 4 is 11.6 Å². The van der Waals surface area contributed by atoms with Gasteiger partial charge >= 0.3 is 0 Å². The van der Waals surface area contributed by atoms with E-state index in [1.54, 1.807) is 12.4 Å². The topological polar surface area (TPSA) is 66.0 Å². The molecule has 3 heterocycles. The van der Waals surface area contributed by atoms with E-state index < -0.39 is 0 Å². The standard InChI is InChI=1S/C18H26N6/c1-19-17-15(6-3-7-22-17)13-24-10-4-5-14(12-24)11-16-18(20-2)23-9-8-21-16/h3,6-9,14H,4-5,10-13H2,1-2H3,(H,19,22)(H,20,23)/t14-/m1/s1. The van der Waals surface area contributed by atoms with Gasteiger partial charge in [-0.3, -0.25) is 9.88 Å². The molecular weight excluding hydrogens is 300 g/mol. The van der Waals surface area contributed by atoms with Crippen LogP contribution in [0.1, 0.15) is 24.1 Å². The Morgan fingerprint density at radius 1 is 1.08 bits per heavy atom. The van der Waals surface area contributed by atoms with Crippen LogP contribution < -0.4 is 10.6 Å². The third-order valence-corrected chi connectivity index (χ3v) is 4.62. The van der Waals surface area contributed by atoms with Gasteiger partial charge in [-0.1, -0.05) is 6.07 Å².